The van der Waals surface area contributed by atoms with Crippen LogP contribution in [0, 0.1) is 13.8 Å². The van der Waals surface area contributed by atoms with Crippen molar-refractivity contribution in [1.29, 1.82) is 0 Å². The highest BCUT2D eigenvalue weighted by atomic mass is 35.5. The molecule has 1 aliphatic rings. The predicted molar refractivity (Wildman–Crippen MR) is 118 cm³/mol. The van der Waals surface area contributed by atoms with Crippen LogP contribution in [0.1, 0.15) is 41.1 Å². The van der Waals surface area contributed by atoms with Gasteiger partial charge < -0.3 is 16.0 Å². The van der Waals surface area contributed by atoms with Gasteiger partial charge in [0.15, 0.2) is 11.6 Å². The number of aryl methyl sites for hydroxylation is 2. The Hall–Kier alpha value is -2.85. The summed E-state index contributed by atoms with van der Waals surface area (Å²) in [5, 5.41) is 15.0. The largest absolute Gasteiger partial charge is 0.432 e. The molecular weight excluding hydrogens is 443 g/mol. The van der Waals surface area contributed by atoms with Crippen LogP contribution in [-0.4, -0.2) is 33.3 Å². The number of rotatable bonds is 5. The van der Waals surface area contributed by atoms with Gasteiger partial charge in [-0.3, -0.25) is 5.10 Å². The molecule has 0 atom stereocenters. The predicted octanol–water partition coefficient (Wildman–Crippen LogP) is 5.44. The Bertz CT molecular complexity index is 1110. The molecule has 0 bridgehead atoms. The van der Waals surface area contributed by atoms with Gasteiger partial charge in [-0.15, -0.1) is 0 Å². The highest BCUT2D eigenvalue weighted by molar-refractivity contribution is 6.32. The molecule has 1 aliphatic heterocycles. The number of hydrogen-bond donors (Lipinski definition) is 4. The molecule has 1 aromatic carbocycles. The molecule has 1 saturated heterocycles. The second kappa shape index (κ2) is 8.95. The minimum absolute atomic E-state index is 0.0535. The molecule has 2 aromatic heterocycles. The minimum atomic E-state index is -4.52. The average molecular weight is 466 g/mol. The van der Waals surface area contributed by atoms with Crippen molar-refractivity contribution in [2.75, 3.05) is 23.7 Å². The fourth-order valence-corrected chi connectivity index (χ4v) is 3.97. The van der Waals surface area contributed by atoms with Gasteiger partial charge in [-0.05, 0) is 68.5 Å². The number of nitrogens with zero attached hydrogens (tertiary/aromatic N) is 3. The van der Waals surface area contributed by atoms with Crippen LogP contribution in [0.15, 0.2) is 24.4 Å². The summed E-state index contributed by atoms with van der Waals surface area (Å²) < 4.78 is 38.3. The molecule has 0 spiro atoms. The van der Waals surface area contributed by atoms with Crippen molar-refractivity contribution in [2.24, 2.45) is 0 Å². The number of halogens is 4. The van der Waals surface area contributed by atoms with E-state index in [-0.39, 0.29) is 22.6 Å². The maximum Gasteiger partial charge on any atom is 0.432 e. The van der Waals surface area contributed by atoms with Gasteiger partial charge in [-0.25, -0.2) is 4.98 Å². The van der Waals surface area contributed by atoms with E-state index in [2.05, 4.69) is 50.1 Å². The number of nitrogens with one attached hydrogen (secondary N) is 4. The molecule has 0 radical (unpaired) electrons. The lowest BCUT2D eigenvalue weighted by Gasteiger charge is -2.25. The van der Waals surface area contributed by atoms with E-state index in [4.69, 9.17) is 11.6 Å². The standard InChI is InChI=1S/C21H23ClF3N7/c1-11-8-16(12(2)7-14(11)13-3-5-26-6-4-13)28-20-27-10-15(22)19(30-20)29-18-9-17(31-32-18)21(23,24)25/h7-10,13,26H,3-6H2,1-2H3,(H3,27,28,29,30,31,32). The van der Waals surface area contributed by atoms with E-state index in [0.29, 0.717) is 5.92 Å². The van der Waals surface area contributed by atoms with Crippen molar-refractivity contribution >= 4 is 34.9 Å². The average Bonchev–Trinajstić information content (AvgIpc) is 3.23. The zero-order valence-electron chi connectivity index (χ0n) is 17.6. The van der Waals surface area contributed by atoms with Crippen LogP contribution in [0.25, 0.3) is 0 Å². The molecule has 4 N–H and O–H groups in total. The summed E-state index contributed by atoms with van der Waals surface area (Å²) in [7, 11) is 0. The molecule has 3 heterocycles. The van der Waals surface area contributed by atoms with Gasteiger partial charge in [0.05, 0.1) is 6.20 Å². The number of aromatic amines is 1. The molecule has 1 fully saturated rings. The maximum absolute atomic E-state index is 12.8. The SMILES string of the molecule is Cc1cc(C2CCNCC2)c(C)cc1Nc1ncc(Cl)c(Nc2cc(C(F)(F)F)[nH]n2)n1. The van der Waals surface area contributed by atoms with Crippen molar-refractivity contribution < 1.29 is 13.2 Å². The summed E-state index contributed by atoms with van der Waals surface area (Å²) in [5.74, 6) is 0.898. The first-order valence-corrected chi connectivity index (χ1v) is 10.6. The molecule has 4 rings (SSSR count). The Morgan fingerprint density at radius 1 is 1.06 bits per heavy atom. The lowest BCUT2D eigenvalue weighted by molar-refractivity contribution is -0.141. The molecule has 0 unspecified atom stereocenters. The Balaban J connectivity index is 1.54. The van der Waals surface area contributed by atoms with Crippen molar-refractivity contribution in [3.05, 3.63) is 51.8 Å². The number of hydrogen-bond acceptors (Lipinski definition) is 6. The number of alkyl halides is 3. The van der Waals surface area contributed by atoms with E-state index in [1.54, 1.807) is 0 Å². The van der Waals surface area contributed by atoms with E-state index in [1.807, 2.05) is 12.0 Å². The fraction of sp³-hybridized carbons (Fsp3) is 0.381. The van der Waals surface area contributed by atoms with Crippen LogP contribution in [-0.2, 0) is 6.18 Å². The quantitative estimate of drug-likeness (QED) is 0.401. The van der Waals surface area contributed by atoms with E-state index >= 15 is 0 Å². The Kier molecular flexibility index (Phi) is 6.25. The van der Waals surface area contributed by atoms with E-state index in [9.17, 15) is 13.2 Å². The molecule has 11 heteroatoms. The Labute approximate surface area is 188 Å². The van der Waals surface area contributed by atoms with Gasteiger partial charge in [0.1, 0.15) is 10.7 Å². The van der Waals surface area contributed by atoms with Crippen LogP contribution in [0.3, 0.4) is 0 Å². The molecule has 0 amide bonds. The van der Waals surface area contributed by atoms with Crippen LogP contribution in [0.5, 0.6) is 0 Å². The van der Waals surface area contributed by atoms with Crippen LogP contribution in [0.4, 0.5) is 36.4 Å². The van der Waals surface area contributed by atoms with Crippen molar-refractivity contribution in [3.63, 3.8) is 0 Å². The van der Waals surface area contributed by atoms with Crippen LogP contribution < -0.4 is 16.0 Å². The lowest BCUT2D eigenvalue weighted by atomic mass is 9.86. The van der Waals surface area contributed by atoms with Gasteiger partial charge in [-0.1, -0.05) is 17.7 Å². The van der Waals surface area contributed by atoms with Crippen molar-refractivity contribution in [2.45, 2.75) is 38.8 Å². The van der Waals surface area contributed by atoms with Gasteiger partial charge in [0.2, 0.25) is 5.95 Å². The Morgan fingerprint density at radius 3 is 2.50 bits per heavy atom. The topological polar surface area (TPSA) is 90.6 Å². The molecule has 0 aliphatic carbocycles. The van der Waals surface area contributed by atoms with E-state index < -0.39 is 11.9 Å². The Morgan fingerprint density at radius 2 is 1.81 bits per heavy atom. The maximum atomic E-state index is 12.8. The van der Waals surface area contributed by atoms with Crippen molar-refractivity contribution in [1.82, 2.24) is 25.5 Å². The first kappa shape index (κ1) is 22.3. The van der Waals surface area contributed by atoms with Gasteiger partial charge >= 0.3 is 6.18 Å². The molecule has 32 heavy (non-hydrogen) atoms. The first-order chi connectivity index (χ1) is 15.2. The highest BCUT2D eigenvalue weighted by Crippen LogP contribution is 2.33. The third-order valence-electron chi connectivity index (χ3n) is 5.51. The number of aromatic nitrogens is 4. The third kappa shape index (κ3) is 4.97. The smallest absolute Gasteiger partial charge is 0.324 e. The monoisotopic (exact) mass is 465 g/mol. The summed E-state index contributed by atoms with van der Waals surface area (Å²) in [5.41, 5.74) is 3.48. The molecule has 7 nitrogen and oxygen atoms in total. The summed E-state index contributed by atoms with van der Waals surface area (Å²) in [6, 6.07) is 5.12. The number of H-pyrrole nitrogens is 1. The third-order valence-corrected chi connectivity index (χ3v) is 5.79. The second-order valence-electron chi connectivity index (χ2n) is 7.85. The zero-order valence-corrected chi connectivity index (χ0v) is 18.3. The van der Waals surface area contributed by atoms with Crippen LogP contribution in [0.2, 0.25) is 5.02 Å². The lowest BCUT2D eigenvalue weighted by Crippen LogP contribution is -2.27. The fourth-order valence-electron chi connectivity index (χ4n) is 3.83. The van der Waals surface area contributed by atoms with Gasteiger partial charge in [-0.2, -0.15) is 23.3 Å². The molecule has 3 aromatic rings. The molecular formula is C21H23ClF3N7. The minimum Gasteiger partial charge on any atom is -0.324 e. The number of benzene rings is 1. The number of piperidine rings is 1. The summed E-state index contributed by atoms with van der Waals surface area (Å²) in [6.45, 7) is 6.16. The van der Waals surface area contributed by atoms with Gasteiger partial charge in [0.25, 0.3) is 0 Å². The summed E-state index contributed by atoms with van der Waals surface area (Å²) in [4.78, 5) is 8.50. The van der Waals surface area contributed by atoms with Crippen LogP contribution >= 0.6 is 11.6 Å². The van der Waals surface area contributed by atoms with Gasteiger partial charge in [0, 0.05) is 11.8 Å². The summed E-state index contributed by atoms with van der Waals surface area (Å²) in [6.07, 6.45) is -0.913. The first-order valence-electron chi connectivity index (χ1n) is 10.2. The molecule has 170 valence electrons. The molecule has 0 saturated carbocycles. The summed E-state index contributed by atoms with van der Waals surface area (Å²) >= 11 is 6.13. The second-order valence-corrected chi connectivity index (χ2v) is 8.26. The zero-order chi connectivity index (χ0) is 22.9. The highest BCUT2D eigenvalue weighted by Gasteiger charge is 2.33. The number of anilines is 4. The van der Waals surface area contributed by atoms with E-state index in [1.165, 1.54) is 17.3 Å². The normalized spacial score (nSPS) is 15.1. The van der Waals surface area contributed by atoms with Crippen molar-refractivity contribution in [3.8, 4) is 0 Å². The van der Waals surface area contributed by atoms with E-state index in [0.717, 1.165) is 43.2 Å².